The van der Waals surface area contributed by atoms with E-state index in [1.54, 1.807) is 0 Å². The molecule has 1 aromatic carbocycles. The Morgan fingerprint density at radius 1 is 1.42 bits per heavy atom. The minimum atomic E-state index is -0.241. The van der Waals surface area contributed by atoms with Crippen molar-refractivity contribution in [3.63, 3.8) is 0 Å². The summed E-state index contributed by atoms with van der Waals surface area (Å²) >= 11 is 0. The molecule has 2 rings (SSSR count). The second-order valence-electron chi connectivity index (χ2n) is 5.69. The lowest BCUT2D eigenvalue weighted by atomic mass is 9.74. The fourth-order valence-electron chi connectivity index (χ4n) is 2.73. The topological polar surface area (TPSA) is 64.3 Å². The van der Waals surface area contributed by atoms with Crippen LogP contribution in [0.1, 0.15) is 26.3 Å². The zero-order valence-electron chi connectivity index (χ0n) is 11.8. The number of carbonyl (C=O) groups excluding carboxylic acids is 1. The first kappa shape index (κ1) is 13.9. The van der Waals surface area contributed by atoms with Crippen molar-refractivity contribution in [3.8, 4) is 5.75 Å². The molecule has 3 N–H and O–H groups in total. The molecule has 0 radical (unpaired) electrons. The molecule has 19 heavy (non-hydrogen) atoms. The van der Waals surface area contributed by atoms with Crippen molar-refractivity contribution < 1.29 is 9.53 Å². The zero-order chi connectivity index (χ0) is 14.0. The number of nitrogens with two attached hydrogens (primary N) is 1. The summed E-state index contributed by atoms with van der Waals surface area (Å²) in [5.41, 5.74) is 6.39. The van der Waals surface area contributed by atoms with Gasteiger partial charge in [0.05, 0.1) is 12.0 Å². The van der Waals surface area contributed by atoms with Crippen LogP contribution in [0.2, 0.25) is 0 Å². The first-order chi connectivity index (χ1) is 8.93. The van der Waals surface area contributed by atoms with Crippen molar-refractivity contribution in [2.45, 2.75) is 32.3 Å². The third-order valence-electron chi connectivity index (χ3n) is 3.84. The van der Waals surface area contributed by atoms with Crippen molar-refractivity contribution in [1.82, 2.24) is 5.32 Å². The average molecular weight is 262 g/mol. The molecule has 1 fully saturated rings. The van der Waals surface area contributed by atoms with Gasteiger partial charge in [-0.1, -0.05) is 19.1 Å². The van der Waals surface area contributed by atoms with Gasteiger partial charge >= 0.3 is 0 Å². The van der Waals surface area contributed by atoms with E-state index in [2.05, 4.69) is 12.2 Å². The van der Waals surface area contributed by atoms with E-state index >= 15 is 0 Å². The summed E-state index contributed by atoms with van der Waals surface area (Å²) < 4.78 is 5.63. The predicted octanol–water partition coefficient (Wildman–Crippen LogP) is 1.44. The summed E-state index contributed by atoms with van der Waals surface area (Å²) in [6.45, 7) is 7.50. The maximum Gasteiger partial charge on any atom is 0.222 e. The molecule has 2 unspecified atom stereocenters. The predicted molar refractivity (Wildman–Crippen MR) is 75.1 cm³/mol. The van der Waals surface area contributed by atoms with Gasteiger partial charge in [-0.15, -0.1) is 0 Å². The van der Waals surface area contributed by atoms with Crippen LogP contribution in [0.5, 0.6) is 5.75 Å². The highest BCUT2D eigenvalue weighted by Gasteiger charge is 2.43. The van der Waals surface area contributed by atoms with E-state index in [-0.39, 0.29) is 23.3 Å². The monoisotopic (exact) mass is 262 g/mol. The van der Waals surface area contributed by atoms with Gasteiger partial charge in [-0.05, 0) is 31.5 Å². The third kappa shape index (κ3) is 2.73. The standard InChI is InChI=1S/C15H22N2O2/c1-10(2)19-12-6-4-11(5-7-12)15(3)9-17-8-13(15)14(16)18/h4-7,10,13,17H,8-9H2,1-3H3,(H2,16,18). The number of hydrogen-bond acceptors (Lipinski definition) is 3. The fourth-order valence-corrected chi connectivity index (χ4v) is 2.73. The van der Waals surface area contributed by atoms with E-state index in [1.165, 1.54) is 0 Å². The molecule has 2 atom stereocenters. The van der Waals surface area contributed by atoms with Gasteiger partial charge in [0.2, 0.25) is 5.91 Å². The largest absolute Gasteiger partial charge is 0.491 e. The molecule has 0 aliphatic carbocycles. The molecule has 4 nitrogen and oxygen atoms in total. The molecule has 0 saturated carbocycles. The molecule has 0 bridgehead atoms. The van der Waals surface area contributed by atoms with Crippen LogP contribution in [-0.2, 0) is 10.2 Å². The molecule has 4 heteroatoms. The molecule has 0 aromatic heterocycles. The van der Waals surface area contributed by atoms with E-state index in [1.807, 2.05) is 38.1 Å². The Bertz CT molecular complexity index is 456. The van der Waals surface area contributed by atoms with E-state index in [4.69, 9.17) is 10.5 Å². The number of amides is 1. The second-order valence-corrected chi connectivity index (χ2v) is 5.69. The second kappa shape index (κ2) is 5.21. The van der Waals surface area contributed by atoms with Gasteiger partial charge in [0, 0.05) is 18.5 Å². The highest BCUT2D eigenvalue weighted by atomic mass is 16.5. The van der Waals surface area contributed by atoms with E-state index in [0.717, 1.165) is 17.9 Å². The summed E-state index contributed by atoms with van der Waals surface area (Å²) in [5, 5.41) is 3.26. The Kier molecular flexibility index (Phi) is 3.80. The SMILES string of the molecule is CC(C)Oc1ccc(C2(C)CNCC2C(N)=O)cc1. The Morgan fingerprint density at radius 3 is 2.58 bits per heavy atom. The highest BCUT2D eigenvalue weighted by molar-refractivity contribution is 5.79. The quantitative estimate of drug-likeness (QED) is 0.863. The van der Waals surface area contributed by atoms with Gasteiger partial charge in [0.15, 0.2) is 0 Å². The molecule has 1 aliphatic rings. The highest BCUT2D eigenvalue weighted by Crippen LogP contribution is 2.35. The summed E-state index contributed by atoms with van der Waals surface area (Å²) in [6.07, 6.45) is 0.160. The number of hydrogen-bond donors (Lipinski definition) is 2. The first-order valence-electron chi connectivity index (χ1n) is 6.70. The van der Waals surface area contributed by atoms with E-state index in [9.17, 15) is 4.79 Å². The lowest BCUT2D eigenvalue weighted by molar-refractivity contribution is -0.122. The van der Waals surface area contributed by atoms with Crippen molar-refractivity contribution in [3.05, 3.63) is 29.8 Å². The molecular formula is C15H22N2O2. The Labute approximate surface area is 114 Å². The van der Waals surface area contributed by atoms with Gasteiger partial charge in [-0.25, -0.2) is 0 Å². The molecule has 1 aliphatic heterocycles. The maximum atomic E-state index is 11.6. The van der Waals surface area contributed by atoms with E-state index in [0.29, 0.717) is 6.54 Å². The number of benzene rings is 1. The van der Waals surface area contributed by atoms with Crippen molar-refractivity contribution in [2.24, 2.45) is 11.7 Å². The molecule has 1 saturated heterocycles. The molecule has 0 spiro atoms. The fraction of sp³-hybridized carbons (Fsp3) is 0.533. The van der Waals surface area contributed by atoms with Gasteiger partial charge < -0.3 is 15.8 Å². The minimum Gasteiger partial charge on any atom is -0.491 e. The number of primary amides is 1. The van der Waals surface area contributed by atoms with Gasteiger partial charge in [-0.2, -0.15) is 0 Å². The molecule has 104 valence electrons. The van der Waals surface area contributed by atoms with Crippen molar-refractivity contribution in [2.75, 3.05) is 13.1 Å². The number of rotatable bonds is 4. The summed E-state index contributed by atoms with van der Waals surface area (Å²) in [7, 11) is 0. The molecule has 1 heterocycles. The van der Waals surface area contributed by atoms with Crippen LogP contribution < -0.4 is 15.8 Å². The molecular weight excluding hydrogens is 240 g/mol. The van der Waals surface area contributed by atoms with Crippen molar-refractivity contribution in [1.29, 1.82) is 0 Å². The maximum absolute atomic E-state index is 11.6. The number of ether oxygens (including phenoxy) is 1. The van der Waals surface area contributed by atoms with Gasteiger partial charge in [0.25, 0.3) is 0 Å². The van der Waals surface area contributed by atoms with Crippen LogP contribution in [0.4, 0.5) is 0 Å². The van der Waals surface area contributed by atoms with Gasteiger partial charge in [0.1, 0.15) is 5.75 Å². The smallest absolute Gasteiger partial charge is 0.222 e. The van der Waals surface area contributed by atoms with Crippen LogP contribution >= 0.6 is 0 Å². The van der Waals surface area contributed by atoms with Crippen LogP contribution in [0.3, 0.4) is 0 Å². The summed E-state index contributed by atoms with van der Waals surface area (Å²) in [5.74, 6) is 0.448. The summed E-state index contributed by atoms with van der Waals surface area (Å²) in [6, 6.07) is 7.97. The zero-order valence-corrected chi connectivity index (χ0v) is 11.8. The van der Waals surface area contributed by atoms with Crippen molar-refractivity contribution >= 4 is 5.91 Å². The lowest BCUT2D eigenvalue weighted by Gasteiger charge is -2.29. The Hall–Kier alpha value is -1.55. The van der Waals surface area contributed by atoms with Crippen LogP contribution in [-0.4, -0.2) is 25.1 Å². The summed E-state index contributed by atoms with van der Waals surface area (Å²) in [4.78, 5) is 11.6. The number of nitrogens with one attached hydrogen (secondary N) is 1. The lowest BCUT2D eigenvalue weighted by Crippen LogP contribution is -2.39. The Balaban J connectivity index is 2.23. The minimum absolute atomic E-state index is 0.160. The average Bonchev–Trinajstić information content (AvgIpc) is 2.72. The normalized spacial score (nSPS) is 26.6. The van der Waals surface area contributed by atoms with Crippen LogP contribution in [0.25, 0.3) is 0 Å². The van der Waals surface area contributed by atoms with Crippen LogP contribution in [0, 0.1) is 5.92 Å². The van der Waals surface area contributed by atoms with Crippen LogP contribution in [0.15, 0.2) is 24.3 Å². The third-order valence-corrected chi connectivity index (χ3v) is 3.84. The van der Waals surface area contributed by atoms with E-state index < -0.39 is 0 Å². The first-order valence-corrected chi connectivity index (χ1v) is 6.70. The Morgan fingerprint density at radius 2 is 2.05 bits per heavy atom. The number of carbonyl (C=O) groups is 1. The molecule has 1 amide bonds. The van der Waals surface area contributed by atoms with Gasteiger partial charge in [-0.3, -0.25) is 4.79 Å². The molecule has 1 aromatic rings.